The molecular formula is C19H21N2O5P. The number of carbonyl (C=O) groups excluding carboxylic acids is 2. The van der Waals surface area contributed by atoms with E-state index in [9.17, 15) is 19.3 Å². The summed E-state index contributed by atoms with van der Waals surface area (Å²) in [6.07, 6.45) is -0.187. The number of likely N-dealkylation sites (tertiary alicyclic amines) is 1. The van der Waals surface area contributed by atoms with Gasteiger partial charge in [0.15, 0.2) is 0 Å². The van der Waals surface area contributed by atoms with Crippen molar-refractivity contribution in [2.24, 2.45) is 11.8 Å². The quantitative estimate of drug-likeness (QED) is 0.446. The lowest BCUT2D eigenvalue weighted by Crippen LogP contribution is -2.31. The summed E-state index contributed by atoms with van der Waals surface area (Å²) in [4.78, 5) is 25.6. The number of para-hydroxylation sites is 1. The van der Waals surface area contributed by atoms with Crippen molar-refractivity contribution in [3.63, 3.8) is 0 Å². The number of amides is 2. The smallest absolute Gasteiger partial charge is 0.249 e. The van der Waals surface area contributed by atoms with E-state index in [1.165, 1.54) is 6.07 Å². The molecule has 1 heterocycles. The molecule has 8 heteroatoms. The maximum atomic E-state index is 13.6. The van der Waals surface area contributed by atoms with Crippen LogP contribution in [0.4, 0.5) is 0 Å². The molecule has 0 saturated carbocycles. The SMILES string of the molecule is CCN1C(=O)CC(CP(=O)(ON)c2ccccc2-c2ccccc2O)C1=O. The Hall–Kier alpha value is -2.47. The summed E-state index contributed by atoms with van der Waals surface area (Å²) in [7, 11) is -3.66. The van der Waals surface area contributed by atoms with Crippen LogP contribution in [-0.4, -0.2) is 34.5 Å². The fraction of sp³-hybridized carbons (Fsp3) is 0.263. The highest BCUT2D eigenvalue weighted by Gasteiger charge is 2.43. The normalized spacial score (nSPS) is 19.3. The molecule has 142 valence electrons. The summed E-state index contributed by atoms with van der Waals surface area (Å²) >= 11 is 0. The molecule has 2 aromatic rings. The van der Waals surface area contributed by atoms with Crippen molar-refractivity contribution < 1.29 is 23.9 Å². The van der Waals surface area contributed by atoms with Crippen LogP contribution in [0.3, 0.4) is 0 Å². The van der Waals surface area contributed by atoms with E-state index in [2.05, 4.69) is 0 Å². The maximum Gasteiger partial charge on any atom is 0.249 e. The average molecular weight is 388 g/mol. The molecule has 3 rings (SSSR count). The highest BCUT2D eigenvalue weighted by atomic mass is 31.2. The van der Waals surface area contributed by atoms with Crippen LogP contribution in [-0.2, 0) is 18.8 Å². The lowest BCUT2D eigenvalue weighted by Gasteiger charge is -2.21. The van der Waals surface area contributed by atoms with Gasteiger partial charge in [0.1, 0.15) is 5.75 Å². The second kappa shape index (κ2) is 7.64. The van der Waals surface area contributed by atoms with Crippen LogP contribution in [0, 0.1) is 5.92 Å². The minimum absolute atomic E-state index is 0.0151. The third-order valence-electron chi connectivity index (χ3n) is 4.75. The molecule has 1 aliphatic rings. The number of phenols is 1. The van der Waals surface area contributed by atoms with Crippen LogP contribution in [0.1, 0.15) is 13.3 Å². The minimum atomic E-state index is -3.66. The Balaban J connectivity index is 2.02. The molecule has 2 aromatic carbocycles. The molecule has 0 aliphatic carbocycles. The Bertz CT molecular complexity index is 930. The van der Waals surface area contributed by atoms with Crippen LogP contribution in [0.5, 0.6) is 5.75 Å². The minimum Gasteiger partial charge on any atom is -0.507 e. The molecule has 3 N–H and O–H groups in total. The summed E-state index contributed by atoms with van der Waals surface area (Å²) in [5.74, 6) is 4.05. The summed E-state index contributed by atoms with van der Waals surface area (Å²) < 4.78 is 18.5. The van der Waals surface area contributed by atoms with E-state index >= 15 is 0 Å². The zero-order valence-corrected chi connectivity index (χ0v) is 15.8. The van der Waals surface area contributed by atoms with E-state index in [4.69, 9.17) is 10.5 Å². The summed E-state index contributed by atoms with van der Waals surface area (Å²) in [5.41, 5.74) is 0.989. The van der Waals surface area contributed by atoms with Crippen molar-refractivity contribution in [3.05, 3.63) is 48.5 Å². The van der Waals surface area contributed by atoms with E-state index in [0.29, 0.717) is 16.4 Å². The highest BCUT2D eigenvalue weighted by molar-refractivity contribution is 7.67. The number of nitrogens with two attached hydrogens (primary N) is 1. The van der Waals surface area contributed by atoms with E-state index in [0.717, 1.165) is 4.90 Å². The molecule has 0 bridgehead atoms. The molecule has 7 nitrogen and oxygen atoms in total. The molecule has 2 atom stereocenters. The number of rotatable bonds is 6. The molecular weight excluding hydrogens is 367 g/mol. The van der Waals surface area contributed by atoms with Crippen LogP contribution in [0.2, 0.25) is 0 Å². The number of benzene rings is 2. The first-order valence-corrected chi connectivity index (χ1v) is 10.4. The van der Waals surface area contributed by atoms with Gasteiger partial charge < -0.3 is 5.11 Å². The van der Waals surface area contributed by atoms with Gasteiger partial charge in [0.2, 0.25) is 19.2 Å². The van der Waals surface area contributed by atoms with Gasteiger partial charge in [0.25, 0.3) is 0 Å². The number of phenolic OH excluding ortho intramolecular Hbond substituents is 1. The molecule has 2 amide bonds. The number of nitrogens with zero attached hydrogens (tertiary/aromatic N) is 1. The molecule has 2 unspecified atom stereocenters. The van der Waals surface area contributed by atoms with Gasteiger partial charge in [-0.2, -0.15) is 0 Å². The number of aromatic hydroxyl groups is 1. The van der Waals surface area contributed by atoms with Gasteiger partial charge >= 0.3 is 0 Å². The van der Waals surface area contributed by atoms with Crippen molar-refractivity contribution in [1.82, 2.24) is 4.90 Å². The molecule has 1 fully saturated rings. The lowest BCUT2D eigenvalue weighted by atomic mass is 10.0. The van der Waals surface area contributed by atoms with E-state index in [1.54, 1.807) is 49.4 Å². The zero-order chi connectivity index (χ0) is 19.6. The number of imide groups is 1. The molecule has 1 saturated heterocycles. The monoisotopic (exact) mass is 388 g/mol. The Labute approximate surface area is 157 Å². The van der Waals surface area contributed by atoms with Crippen molar-refractivity contribution >= 4 is 24.5 Å². The molecule has 1 aliphatic heterocycles. The first-order chi connectivity index (χ1) is 12.9. The van der Waals surface area contributed by atoms with E-state index < -0.39 is 13.3 Å². The molecule has 27 heavy (non-hydrogen) atoms. The Morgan fingerprint density at radius 3 is 2.37 bits per heavy atom. The van der Waals surface area contributed by atoms with E-state index in [-0.39, 0.29) is 36.7 Å². The predicted octanol–water partition coefficient (Wildman–Crippen LogP) is 2.25. The lowest BCUT2D eigenvalue weighted by molar-refractivity contribution is -0.138. The number of carbonyl (C=O) groups is 2. The van der Waals surface area contributed by atoms with Crippen LogP contribution in [0.15, 0.2) is 48.5 Å². The summed E-state index contributed by atoms with van der Waals surface area (Å²) in [6, 6.07) is 13.4. The van der Waals surface area contributed by atoms with Gasteiger partial charge in [-0.05, 0) is 24.6 Å². The fourth-order valence-electron chi connectivity index (χ4n) is 3.41. The Kier molecular flexibility index (Phi) is 5.46. The van der Waals surface area contributed by atoms with Crippen molar-refractivity contribution in [3.8, 4) is 16.9 Å². The standard InChI is InChI=1S/C19H21N2O5P/c1-2-21-18(23)11-13(19(21)24)12-27(25,26-20)17-10-6-4-8-15(17)14-7-3-5-9-16(14)22/h3-10,13,22H,2,11-12,20H2,1H3. The van der Waals surface area contributed by atoms with Gasteiger partial charge in [-0.1, -0.05) is 36.4 Å². The first kappa shape index (κ1) is 19.3. The second-order valence-electron chi connectivity index (χ2n) is 6.37. The van der Waals surface area contributed by atoms with E-state index in [1.807, 2.05) is 0 Å². The zero-order valence-electron chi connectivity index (χ0n) is 14.9. The van der Waals surface area contributed by atoms with Crippen molar-refractivity contribution in [2.75, 3.05) is 12.7 Å². The highest BCUT2D eigenvalue weighted by Crippen LogP contribution is 2.50. The molecule has 0 aromatic heterocycles. The van der Waals surface area contributed by atoms with Crippen LogP contribution in [0.25, 0.3) is 11.1 Å². The Morgan fingerprint density at radius 1 is 1.15 bits per heavy atom. The van der Waals surface area contributed by atoms with Crippen molar-refractivity contribution in [1.29, 1.82) is 0 Å². The third kappa shape index (κ3) is 3.54. The average Bonchev–Trinajstić information content (AvgIpc) is 2.94. The number of hydrogen-bond donors (Lipinski definition) is 2. The fourth-order valence-corrected chi connectivity index (χ4v) is 5.55. The topological polar surface area (TPSA) is 110 Å². The maximum absolute atomic E-state index is 13.6. The van der Waals surface area contributed by atoms with Crippen LogP contribution >= 0.6 is 7.37 Å². The summed E-state index contributed by atoms with van der Waals surface area (Å²) in [5, 5.41) is 10.5. The van der Waals surface area contributed by atoms with Gasteiger partial charge in [-0.15, -0.1) is 0 Å². The largest absolute Gasteiger partial charge is 0.507 e. The third-order valence-corrected chi connectivity index (χ3v) is 7.14. The van der Waals surface area contributed by atoms with Gasteiger partial charge in [0, 0.05) is 30.0 Å². The van der Waals surface area contributed by atoms with Gasteiger partial charge in [-0.3, -0.25) is 19.1 Å². The number of hydrogen-bond acceptors (Lipinski definition) is 6. The van der Waals surface area contributed by atoms with Gasteiger partial charge in [0.05, 0.1) is 5.92 Å². The summed E-state index contributed by atoms with van der Waals surface area (Å²) in [6.45, 7) is 1.99. The molecule has 0 radical (unpaired) electrons. The van der Waals surface area contributed by atoms with Crippen molar-refractivity contribution in [2.45, 2.75) is 13.3 Å². The first-order valence-electron chi connectivity index (χ1n) is 8.61. The predicted molar refractivity (Wildman–Crippen MR) is 101 cm³/mol. The molecule has 0 spiro atoms. The second-order valence-corrected chi connectivity index (χ2v) is 8.78. The Morgan fingerprint density at radius 2 is 1.78 bits per heavy atom. The van der Waals surface area contributed by atoms with Crippen LogP contribution < -0.4 is 11.2 Å². The van der Waals surface area contributed by atoms with Gasteiger partial charge in [-0.25, -0.2) is 10.5 Å².